The molecule has 0 aliphatic rings. The Morgan fingerprint density at radius 2 is 1.82 bits per heavy atom. The topological polar surface area (TPSA) is 66.4 Å². The molecule has 0 fully saturated rings. The highest BCUT2D eigenvalue weighted by molar-refractivity contribution is 5.83. The van der Waals surface area contributed by atoms with Crippen molar-refractivity contribution in [1.82, 2.24) is 5.32 Å². The maximum absolute atomic E-state index is 11.8. The Labute approximate surface area is 101 Å². The van der Waals surface area contributed by atoms with Gasteiger partial charge in [0.15, 0.2) is 0 Å². The SMILES string of the molecule is CC(CNC(=O)[C@@H](C)c1ccccc1)C(=O)O. The van der Waals surface area contributed by atoms with Crippen LogP contribution in [0, 0.1) is 5.92 Å². The molecule has 92 valence electrons. The molecule has 0 heterocycles. The van der Waals surface area contributed by atoms with Crippen molar-refractivity contribution in [2.75, 3.05) is 6.54 Å². The van der Waals surface area contributed by atoms with Crippen LogP contribution in [0.3, 0.4) is 0 Å². The molecule has 0 bridgehead atoms. The Morgan fingerprint density at radius 1 is 1.24 bits per heavy atom. The minimum Gasteiger partial charge on any atom is -0.481 e. The number of amides is 1. The number of hydrogen-bond acceptors (Lipinski definition) is 2. The molecule has 1 amide bonds. The van der Waals surface area contributed by atoms with Crippen molar-refractivity contribution in [3.63, 3.8) is 0 Å². The summed E-state index contributed by atoms with van der Waals surface area (Å²) in [5.41, 5.74) is 0.924. The van der Waals surface area contributed by atoms with E-state index >= 15 is 0 Å². The van der Waals surface area contributed by atoms with E-state index in [4.69, 9.17) is 5.11 Å². The zero-order valence-corrected chi connectivity index (χ0v) is 10.0. The molecule has 4 heteroatoms. The first-order valence-corrected chi connectivity index (χ1v) is 5.58. The largest absolute Gasteiger partial charge is 0.481 e. The first-order valence-electron chi connectivity index (χ1n) is 5.58. The molecule has 0 saturated heterocycles. The zero-order valence-electron chi connectivity index (χ0n) is 10.0. The number of carbonyl (C=O) groups excluding carboxylic acids is 1. The summed E-state index contributed by atoms with van der Waals surface area (Å²) < 4.78 is 0. The summed E-state index contributed by atoms with van der Waals surface area (Å²) in [7, 11) is 0. The van der Waals surface area contributed by atoms with Crippen molar-refractivity contribution in [3.05, 3.63) is 35.9 Å². The Kier molecular flexibility index (Phi) is 4.69. The second-order valence-electron chi connectivity index (χ2n) is 4.12. The molecule has 1 rings (SSSR count). The molecule has 2 N–H and O–H groups in total. The smallest absolute Gasteiger partial charge is 0.308 e. The summed E-state index contributed by atoms with van der Waals surface area (Å²) in [6, 6.07) is 9.40. The van der Waals surface area contributed by atoms with E-state index in [0.29, 0.717) is 0 Å². The van der Waals surface area contributed by atoms with Crippen molar-refractivity contribution in [3.8, 4) is 0 Å². The molecular formula is C13H17NO3. The van der Waals surface area contributed by atoms with E-state index in [1.807, 2.05) is 30.3 Å². The summed E-state index contributed by atoms with van der Waals surface area (Å²) in [5, 5.41) is 11.3. The third kappa shape index (κ3) is 3.90. The van der Waals surface area contributed by atoms with E-state index in [1.54, 1.807) is 13.8 Å². The molecule has 0 spiro atoms. The normalized spacial score (nSPS) is 13.8. The molecule has 1 aromatic carbocycles. The Morgan fingerprint density at radius 3 is 2.35 bits per heavy atom. The lowest BCUT2D eigenvalue weighted by Gasteiger charge is -2.13. The van der Waals surface area contributed by atoms with Gasteiger partial charge in [-0.2, -0.15) is 0 Å². The second-order valence-corrected chi connectivity index (χ2v) is 4.12. The molecule has 1 unspecified atom stereocenters. The van der Waals surface area contributed by atoms with Crippen LogP contribution in [0.1, 0.15) is 25.3 Å². The van der Waals surface area contributed by atoms with Gasteiger partial charge in [0.05, 0.1) is 11.8 Å². The highest BCUT2D eigenvalue weighted by atomic mass is 16.4. The molecule has 0 radical (unpaired) electrons. The van der Waals surface area contributed by atoms with Gasteiger partial charge in [0.2, 0.25) is 5.91 Å². The fraction of sp³-hybridized carbons (Fsp3) is 0.385. The average molecular weight is 235 g/mol. The third-order valence-electron chi connectivity index (χ3n) is 2.70. The number of aliphatic carboxylic acids is 1. The summed E-state index contributed by atoms with van der Waals surface area (Å²) in [6.45, 7) is 3.53. The van der Waals surface area contributed by atoms with Crippen molar-refractivity contribution in [2.24, 2.45) is 5.92 Å². The molecule has 2 atom stereocenters. The zero-order chi connectivity index (χ0) is 12.8. The van der Waals surface area contributed by atoms with Gasteiger partial charge in [-0.25, -0.2) is 0 Å². The van der Waals surface area contributed by atoms with Crippen LogP contribution in [0.5, 0.6) is 0 Å². The van der Waals surface area contributed by atoms with E-state index in [0.717, 1.165) is 5.56 Å². The maximum Gasteiger partial charge on any atom is 0.308 e. The van der Waals surface area contributed by atoms with Crippen LogP contribution in [0.25, 0.3) is 0 Å². The van der Waals surface area contributed by atoms with Crippen LogP contribution in [-0.4, -0.2) is 23.5 Å². The van der Waals surface area contributed by atoms with Gasteiger partial charge in [-0.3, -0.25) is 9.59 Å². The molecule has 0 saturated carbocycles. The molecule has 17 heavy (non-hydrogen) atoms. The van der Waals surface area contributed by atoms with Crippen LogP contribution >= 0.6 is 0 Å². The van der Waals surface area contributed by atoms with Crippen LogP contribution in [0.15, 0.2) is 30.3 Å². The number of carboxylic acid groups (broad SMARTS) is 1. The summed E-state index contributed by atoms with van der Waals surface area (Å²) in [5.74, 6) is -1.89. The van der Waals surface area contributed by atoms with Crippen LogP contribution < -0.4 is 5.32 Å². The molecule has 0 aliphatic heterocycles. The van der Waals surface area contributed by atoms with Crippen molar-refractivity contribution < 1.29 is 14.7 Å². The Balaban J connectivity index is 2.51. The lowest BCUT2D eigenvalue weighted by molar-refractivity contribution is -0.141. The molecule has 0 aliphatic carbocycles. The first kappa shape index (κ1) is 13.2. The number of benzene rings is 1. The number of nitrogens with one attached hydrogen (secondary N) is 1. The van der Waals surface area contributed by atoms with Crippen molar-refractivity contribution >= 4 is 11.9 Å². The lowest BCUT2D eigenvalue weighted by atomic mass is 10.0. The molecule has 4 nitrogen and oxygen atoms in total. The summed E-state index contributed by atoms with van der Waals surface area (Å²) in [6.07, 6.45) is 0. The number of carbonyl (C=O) groups is 2. The average Bonchev–Trinajstić information content (AvgIpc) is 2.35. The second kappa shape index (κ2) is 6.03. The van der Waals surface area contributed by atoms with E-state index in [9.17, 15) is 9.59 Å². The summed E-state index contributed by atoms with van der Waals surface area (Å²) in [4.78, 5) is 22.4. The fourth-order valence-electron chi connectivity index (χ4n) is 1.39. The quantitative estimate of drug-likeness (QED) is 0.815. The predicted octanol–water partition coefficient (Wildman–Crippen LogP) is 1.63. The van der Waals surface area contributed by atoms with Gasteiger partial charge in [-0.05, 0) is 12.5 Å². The van der Waals surface area contributed by atoms with Gasteiger partial charge < -0.3 is 10.4 Å². The highest BCUT2D eigenvalue weighted by Crippen LogP contribution is 2.14. The van der Waals surface area contributed by atoms with Gasteiger partial charge in [0.1, 0.15) is 0 Å². The van der Waals surface area contributed by atoms with Crippen LogP contribution in [-0.2, 0) is 9.59 Å². The monoisotopic (exact) mass is 235 g/mol. The third-order valence-corrected chi connectivity index (χ3v) is 2.70. The lowest BCUT2D eigenvalue weighted by Crippen LogP contribution is -2.34. The van der Waals surface area contributed by atoms with Gasteiger partial charge >= 0.3 is 5.97 Å². The van der Waals surface area contributed by atoms with Gasteiger partial charge in [-0.15, -0.1) is 0 Å². The Bertz CT molecular complexity index is 389. The highest BCUT2D eigenvalue weighted by Gasteiger charge is 2.17. The van der Waals surface area contributed by atoms with Crippen molar-refractivity contribution in [1.29, 1.82) is 0 Å². The molecule has 1 aromatic rings. The van der Waals surface area contributed by atoms with Gasteiger partial charge in [0, 0.05) is 6.54 Å². The molecule has 0 aromatic heterocycles. The van der Waals surface area contributed by atoms with E-state index in [1.165, 1.54) is 0 Å². The van der Waals surface area contributed by atoms with Gasteiger partial charge in [-0.1, -0.05) is 37.3 Å². The predicted molar refractivity (Wildman–Crippen MR) is 64.7 cm³/mol. The van der Waals surface area contributed by atoms with Gasteiger partial charge in [0.25, 0.3) is 0 Å². The fourth-order valence-corrected chi connectivity index (χ4v) is 1.39. The van der Waals surface area contributed by atoms with Crippen LogP contribution in [0.2, 0.25) is 0 Å². The number of rotatable bonds is 5. The van der Waals surface area contributed by atoms with Crippen molar-refractivity contribution in [2.45, 2.75) is 19.8 Å². The first-order chi connectivity index (χ1) is 8.02. The molecular weight excluding hydrogens is 218 g/mol. The number of carboxylic acids is 1. The minimum atomic E-state index is -0.905. The maximum atomic E-state index is 11.8. The summed E-state index contributed by atoms with van der Waals surface area (Å²) >= 11 is 0. The van der Waals surface area contributed by atoms with E-state index in [2.05, 4.69) is 5.32 Å². The Hall–Kier alpha value is -1.84. The van der Waals surface area contributed by atoms with E-state index in [-0.39, 0.29) is 18.4 Å². The van der Waals surface area contributed by atoms with E-state index < -0.39 is 11.9 Å². The van der Waals surface area contributed by atoms with Crippen LogP contribution in [0.4, 0.5) is 0 Å². The number of hydrogen-bond donors (Lipinski definition) is 2. The minimum absolute atomic E-state index is 0.149. The standard InChI is InChI=1S/C13H17NO3/c1-9(13(16)17)8-14-12(15)10(2)11-6-4-3-5-7-11/h3-7,9-10H,8H2,1-2H3,(H,14,15)(H,16,17)/t9?,10-/m0/s1.